The van der Waals surface area contributed by atoms with Crippen molar-refractivity contribution in [2.24, 2.45) is 5.10 Å². The van der Waals surface area contributed by atoms with Crippen molar-refractivity contribution >= 4 is 33.4 Å². The number of hydrogen-bond donors (Lipinski definition) is 0. The summed E-state index contributed by atoms with van der Waals surface area (Å²) in [6.45, 7) is 3.62. The van der Waals surface area contributed by atoms with Crippen LogP contribution in [0.4, 0.5) is 0 Å². The predicted octanol–water partition coefficient (Wildman–Crippen LogP) is 1.01. The lowest BCUT2D eigenvalue weighted by Gasteiger charge is -2.35. The Hall–Kier alpha value is -2.52. The third-order valence-corrected chi connectivity index (χ3v) is 7.74. The summed E-state index contributed by atoms with van der Waals surface area (Å²) in [6, 6.07) is 9.69. The van der Waals surface area contributed by atoms with E-state index in [2.05, 4.69) is 34.3 Å². The van der Waals surface area contributed by atoms with Crippen LogP contribution in [0.2, 0.25) is 0 Å². The van der Waals surface area contributed by atoms with E-state index in [1.165, 1.54) is 10.6 Å². The molecular formula is C22H28N4O4S. The minimum Gasteiger partial charge on any atom is -0.335 e. The molecule has 0 N–H and O–H groups in total. The number of benzene rings is 1. The smallest absolute Gasteiger partial charge is 0.270 e. The monoisotopic (exact) mass is 444 g/mol. The Bertz CT molecular complexity index is 982. The highest BCUT2D eigenvalue weighted by molar-refractivity contribution is 7.91. The molecule has 0 bridgehead atoms. The Balaban J connectivity index is 1.31. The number of hydrazone groups is 1. The van der Waals surface area contributed by atoms with Crippen molar-refractivity contribution in [3.05, 3.63) is 42.0 Å². The predicted molar refractivity (Wildman–Crippen MR) is 119 cm³/mol. The number of rotatable bonds is 5. The molecule has 3 aliphatic rings. The van der Waals surface area contributed by atoms with Crippen LogP contribution in [0.1, 0.15) is 24.8 Å². The largest absolute Gasteiger partial charge is 0.335 e. The van der Waals surface area contributed by atoms with E-state index >= 15 is 0 Å². The molecule has 0 saturated carbocycles. The molecule has 4 rings (SSSR count). The van der Waals surface area contributed by atoms with Gasteiger partial charge in [-0.2, -0.15) is 5.10 Å². The van der Waals surface area contributed by atoms with Gasteiger partial charge in [-0.05, 0) is 12.0 Å². The third-order valence-electron chi connectivity index (χ3n) is 5.99. The van der Waals surface area contributed by atoms with Crippen LogP contribution in [-0.4, -0.2) is 91.0 Å². The molecule has 2 saturated heterocycles. The van der Waals surface area contributed by atoms with Crippen LogP contribution in [0, 0.1) is 0 Å². The first-order chi connectivity index (χ1) is 14.9. The summed E-state index contributed by atoms with van der Waals surface area (Å²) in [4.78, 5) is 29.3. The van der Waals surface area contributed by atoms with Crippen LogP contribution in [0.3, 0.4) is 0 Å². The van der Waals surface area contributed by atoms with Crippen LogP contribution in [-0.2, 0) is 19.4 Å². The van der Waals surface area contributed by atoms with E-state index in [1.54, 1.807) is 4.90 Å². The molecule has 2 amide bonds. The van der Waals surface area contributed by atoms with Gasteiger partial charge in [0.2, 0.25) is 5.91 Å². The molecule has 0 radical (unpaired) electrons. The first kappa shape index (κ1) is 21.7. The second-order valence-corrected chi connectivity index (χ2v) is 10.5. The molecule has 31 heavy (non-hydrogen) atoms. The molecule has 1 aromatic rings. The molecule has 2 fully saturated rings. The molecule has 0 spiro atoms. The SMILES string of the molecule is O=C(C1=NN(C2CCS(=O)(=O)C2)C(=O)CC1)N1CCN(C/C=C/c2ccccc2)CC1. The fourth-order valence-corrected chi connectivity index (χ4v) is 5.89. The maximum absolute atomic E-state index is 13.0. The van der Waals surface area contributed by atoms with Crippen molar-refractivity contribution in [1.29, 1.82) is 0 Å². The molecule has 1 unspecified atom stereocenters. The summed E-state index contributed by atoms with van der Waals surface area (Å²) in [6.07, 6.45) is 5.13. The number of nitrogens with zero attached hydrogens (tertiary/aromatic N) is 4. The Labute approximate surface area is 183 Å². The van der Waals surface area contributed by atoms with Gasteiger partial charge in [-0.15, -0.1) is 0 Å². The number of amides is 2. The number of hydrogen-bond acceptors (Lipinski definition) is 6. The van der Waals surface area contributed by atoms with E-state index < -0.39 is 15.9 Å². The molecule has 166 valence electrons. The summed E-state index contributed by atoms with van der Waals surface area (Å²) < 4.78 is 23.5. The Kier molecular flexibility index (Phi) is 6.52. The lowest BCUT2D eigenvalue weighted by Crippen LogP contribution is -2.52. The first-order valence-electron chi connectivity index (χ1n) is 10.7. The van der Waals surface area contributed by atoms with Crippen molar-refractivity contribution in [1.82, 2.24) is 14.8 Å². The zero-order valence-electron chi connectivity index (χ0n) is 17.5. The second-order valence-electron chi connectivity index (χ2n) is 8.25. The lowest BCUT2D eigenvalue weighted by molar-refractivity contribution is -0.134. The summed E-state index contributed by atoms with van der Waals surface area (Å²) in [5.74, 6) is -0.341. The lowest BCUT2D eigenvalue weighted by atomic mass is 10.1. The van der Waals surface area contributed by atoms with Gasteiger partial charge in [0.25, 0.3) is 5.91 Å². The fourth-order valence-electron chi connectivity index (χ4n) is 4.20. The number of carbonyl (C=O) groups excluding carboxylic acids is 2. The van der Waals surface area contributed by atoms with Gasteiger partial charge < -0.3 is 4.90 Å². The molecule has 3 heterocycles. The molecule has 1 aromatic carbocycles. The molecule has 8 nitrogen and oxygen atoms in total. The molecule has 1 atom stereocenters. The van der Waals surface area contributed by atoms with Crippen LogP contribution in [0.25, 0.3) is 6.08 Å². The van der Waals surface area contributed by atoms with Gasteiger partial charge in [0.1, 0.15) is 5.71 Å². The van der Waals surface area contributed by atoms with Gasteiger partial charge in [-0.3, -0.25) is 14.5 Å². The van der Waals surface area contributed by atoms with Crippen molar-refractivity contribution in [2.75, 3.05) is 44.2 Å². The van der Waals surface area contributed by atoms with Gasteiger partial charge in [0, 0.05) is 45.6 Å². The highest BCUT2D eigenvalue weighted by Gasteiger charge is 2.38. The van der Waals surface area contributed by atoms with E-state index in [0.717, 1.165) is 19.6 Å². The van der Waals surface area contributed by atoms with Crippen LogP contribution in [0.5, 0.6) is 0 Å². The van der Waals surface area contributed by atoms with Gasteiger partial charge in [0.15, 0.2) is 9.84 Å². The van der Waals surface area contributed by atoms with E-state index in [1.807, 2.05) is 18.2 Å². The topological polar surface area (TPSA) is 90.4 Å². The van der Waals surface area contributed by atoms with E-state index in [-0.39, 0.29) is 29.7 Å². The Morgan fingerprint density at radius 1 is 1.10 bits per heavy atom. The average Bonchev–Trinajstić information content (AvgIpc) is 3.14. The van der Waals surface area contributed by atoms with Gasteiger partial charge in [-0.25, -0.2) is 13.4 Å². The zero-order valence-corrected chi connectivity index (χ0v) is 18.3. The van der Waals surface area contributed by atoms with E-state index in [4.69, 9.17) is 0 Å². The summed E-state index contributed by atoms with van der Waals surface area (Å²) in [5, 5.41) is 5.56. The molecular weight excluding hydrogens is 416 g/mol. The van der Waals surface area contributed by atoms with E-state index in [9.17, 15) is 18.0 Å². The number of piperazine rings is 1. The fraction of sp³-hybridized carbons (Fsp3) is 0.500. The Morgan fingerprint density at radius 2 is 1.84 bits per heavy atom. The third kappa shape index (κ3) is 5.40. The van der Waals surface area contributed by atoms with Crippen LogP contribution >= 0.6 is 0 Å². The minimum absolute atomic E-state index is 0.0704. The van der Waals surface area contributed by atoms with Crippen LogP contribution in [0.15, 0.2) is 41.5 Å². The van der Waals surface area contributed by atoms with Gasteiger partial charge in [0.05, 0.1) is 17.5 Å². The van der Waals surface area contributed by atoms with E-state index in [0.29, 0.717) is 31.6 Å². The Morgan fingerprint density at radius 3 is 2.52 bits per heavy atom. The number of sulfone groups is 1. The highest BCUT2D eigenvalue weighted by Crippen LogP contribution is 2.22. The maximum atomic E-state index is 13.0. The summed E-state index contributed by atoms with van der Waals surface area (Å²) in [5.41, 5.74) is 1.53. The second kappa shape index (κ2) is 9.32. The quantitative estimate of drug-likeness (QED) is 0.676. The minimum atomic E-state index is -3.13. The molecule has 9 heteroatoms. The normalized spacial score (nSPS) is 24.6. The van der Waals surface area contributed by atoms with Gasteiger partial charge >= 0.3 is 0 Å². The first-order valence-corrected chi connectivity index (χ1v) is 12.6. The zero-order chi connectivity index (χ0) is 21.8. The summed E-state index contributed by atoms with van der Waals surface area (Å²) >= 11 is 0. The van der Waals surface area contributed by atoms with Crippen LogP contribution < -0.4 is 0 Å². The van der Waals surface area contributed by atoms with Gasteiger partial charge in [-0.1, -0.05) is 42.5 Å². The molecule has 0 aromatic heterocycles. The highest BCUT2D eigenvalue weighted by atomic mass is 32.2. The average molecular weight is 445 g/mol. The van der Waals surface area contributed by atoms with Crippen molar-refractivity contribution in [2.45, 2.75) is 25.3 Å². The van der Waals surface area contributed by atoms with Crippen molar-refractivity contribution in [3.63, 3.8) is 0 Å². The standard InChI is InChI=1S/C22H28N4O4S/c27-21-9-8-20(23-26(21)19-10-16-31(29,30)17-19)22(28)25-14-12-24(13-15-25)11-4-7-18-5-2-1-3-6-18/h1-7,19H,8-17H2/b7-4+. The maximum Gasteiger partial charge on any atom is 0.270 e. The van der Waals surface area contributed by atoms with Crippen molar-refractivity contribution < 1.29 is 18.0 Å². The van der Waals surface area contributed by atoms with Crippen molar-refractivity contribution in [3.8, 4) is 0 Å². The molecule has 0 aliphatic carbocycles. The summed E-state index contributed by atoms with van der Waals surface area (Å²) in [7, 11) is -3.13. The molecule has 3 aliphatic heterocycles. The number of carbonyl (C=O) groups is 2.